The van der Waals surface area contributed by atoms with Gasteiger partial charge >= 0.3 is 0 Å². The molecule has 0 saturated heterocycles. The fraction of sp³-hybridized carbons (Fsp3) is 1.00. The van der Waals surface area contributed by atoms with E-state index in [0.717, 1.165) is 12.8 Å². The number of hydrogen-bond acceptors (Lipinski definition) is 4. The average Bonchev–Trinajstić information content (AvgIpc) is 2.34. The molecule has 0 aromatic rings. The van der Waals surface area contributed by atoms with Crippen molar-refractivity contribution < 1.29 is 17.2 Å². The molecule has 15 heavy (non-hydrogen) atoms. The quantitative estimate of drug-likeness (QED) is 0.537. The third-order valence-corrected chi connectivity index (χ3v) is 5.42. The molecule has 0 radical (unpaired) electrons. The predicted molar refractivity (Wildman–Crippen MR) is 53.8 cm³/mol. The van der Waals surface area contributed by atoms with Gasteiger partial charge in [-0.25, -0.2) is 8.42 Å². The molecule has 2 rings (SSSR count). The van der Waals surface area contributed by atoms with E-state index >= 15 is 0 Å². The van der Waals surface area contributed by atoms with E-state index in [0.29, 0.717) is 12.3 Å². The minimum atomic E-state index is -4.57. The van der Waals surface area contributed by atoms with E-state index in [1.54, 1.807) is 0 Å². The molecule has 2 fully saturated rings. The van der Waals surface area contributed by atoms with Gasteiger partial charge in [0.15, 0.2) is 0 Å². The fourth-order valence-corrected chi connectivity index (χ4v) is 3.99. The summed E-state index contributed by atoms with van der Waals surface area (Å²) in [5.74, 6) is 0.481. The molecule has 3 atom stereocenters. The third-order valence-electron chi connectivity index (χ3n) is 4.95. The molecule has 0 aromatic carbocycles. The van der Waals surface area contributed by atoms with Crippen molar-refractivity contribution in [3.8, 4) is 0 Å². The van der Waals surface area contributed by atoms with Crippen LogP contribution in [-0.2, 0) is 14.6 Å². The second-order valence-corrected chi connectivity index (χ2v) is 6.61. The van der Waals surface area contributed by atoms with Crippen LogP contribution in [0.5, 0.6) is 0 Å². The van der Waals surface area contributed by atoms with Crippen molar-refractivity contribution in [1.82, 2.24) is 0 Å². The summed E-state index contributed by atoms with van der Waals surface area (Å²) in [4.78, 5) is 0. The normalized spacial score (nSPS) is 43.5. The molecule has 0 heterocycles. The highest BCUT2D eigenvalue weighted by Gasteiger charge is 2.62. The summed E-state index contributed by atoms with van der Waals surface area (Å²) in [7, 11) is -4.57. The molecule has 2 aliphatic carbocycles. The highest BCUT2D eigenvalue weighted by atomic mass is 32.3. The zero-order valence-corrected chi connectivity index (χ0v) is 10.1. The van der Waals surface area contributed by atoms with Crippen molar-refractivity contribution in [2.24, 2.45) is 16.7 Å². The largest absolute Gasteiger partial charge is 0.726 e. The van der Waals surface area contributed by atoms with E-state index in [1.807, 2.05) is 6.92 Å². The maximum Gasteiger partial charge on any atom is 0.217 e. The van der Waals surface area contributed by atoms with E-state index in [2.05, 4.69) is 18.0 Å². The molecule has 2 bridgehead atoms. The topological polar surface area (TPSA) is 66.4 Å². The van der Waals surface area contributed by atoms with E-state index in [-0.39, 0.29) is 10.8 Å². The first-order valence-electron chi connectivity index (χ1n) is 5.31. The zero-order valence-electron chi connectivity index (χ0n) is 9.32. The molecule has 2 unspecified atom stereocenters. The third kappa shape index (κ3) is 1.52. The van der Waals surface area contributed by atoms with Crippen molar-refractivity contribution in [2.45, 2.75) is 46.1 Å². The van der Waals surface area contributed by atoms with Crippen molar-refractivity contribution >= 4 is 10.4 Å². The molecule has 0 aliphatic heterocycles. The summed E-state index contributed by atoms with van der Waals surface area (Å²) < 4.78 is 36.6. The number of hydrogen-bond donors (Lipinski definition) is 0. The molecule has 0 aromatic heterocycles. The first-order valence-corrected chi connectivity index (χ1v) is 6.64. The molecule has 88 valence electrons. The van der Waals surface area contributed by atoms with Gasteiger partial charge in [0.1, 0.15) is 0 Å². The number of rotatable bonds is 2. The minimum absolute atomic E-state index is 0.0718. The van der Waals surface area contributed by atoms with Crippen molar-refractivity contribution in [3.63, 3.8) is 0 Å². The zero-order chi connectivity index (χ0) is 11.5. The van der Waals surface area contributed by atoms with Crippen LogP contribution in [0.4, 0.5) is 0 Å². The van der Waals surface area contributed by atoms with Gasteiger partial charge in [-0.2, -0.15) is 0 Å². The van der Waals surface area contributed by atoms with Gasteiger partial charge in [-0.05, 0) is 30.6 Å². The van der Waals surface area contributed by atoms with Gasteiger partial charge in [-0.1, -0.05) is 20.8 Å². The molecule has 0 N–H and O–H groups in total. The number of fused-ring (bicyclic) bond motifs is 2. The molecule has 5 heteroatoms. The summed E-state index contributed by atoms with van der Waals surface area (Å²) >= 11 is 0. The lowest BCUT2D eigenvalue weighted by molar-refractivity contribution is 0.0263. The Morgan fingerprint density at radius 1 is 1.33 bits per heavy atom. The van der Waals surface area contributed by atoms with Crippen molar-refractivity contribution in [3.05, 3.63) is 0 Å². The Kier molecular flexibility index (Phi) is 2.24. The van der Waals surface area contributed by atoms with Crippen LogP contribution in [0.2, 0.25) is 0 Å². The van der Waals surface area contributed by atoms with Crippen LogP contribution in [0.15, 0.2) is 0 Å². The molecular weight excluding hydrogens is 216 g/mol. The van der Waals surface area contributed by atoms with Gasteiger partial charge in [0.05, 0.1) is 6.10 Å². The Bertz CT molecular complexity index is 373. The second kappa shape index (κ2) is 2.96. The van der Waals surface area contributed by atoms with Crippen LogP contribution < -0.4 is 0 Å². The molecule has 4 nitrogen and oxygen atoms in total. The first-order chi connectivity index (χ1) is 6.67. The highest BCUT2D eigenvalue weighted by molar-refractivity contribution is 7.80. The van der Waals surface area contributed by atoms with E-state index in [4.69, 9.17) is 0 Å². The summed E-state index contributed by atoms with van der Waals surface area (Å²) in [5, 5.41) is 0. The highest BCUT2D eigenvalue weighted by Crippen LogP contribution is 2.66. The lowest BCUT2D eigenvalue weighted by Gasteiger charge is -2.38. The van der Waals surface area contributed by atoms with Gasteiger partial charge < -0.3 is 4.55 Å². The van der Waals surface area contributed by atoms with Crippen molar-refractivity contribution in [1.29, 1.82) is 0 Å². The Hall–Kier alpha value is -0.130. The lowest BCUT2D eigenvalue weighted by Crippen LogP contribution is -2.38. The lowest BCUT2D eigenvalue weighted by atomic mass is 9.70. The fourth-order valence-electron chi connectivity index (χ4n) is 3.42. The summed E-state index contributed by atoms with van der Waals surface area (Å²) in [6.45, 7) is 6.33. The van der Waals surface area contributed by atoms with Crippen LogP contribution >= 0.6 is 0 Å². The Labute approximate surface area is 91.0 Å². The summed E-state index contributed by atoms with van der Waals surface area (Å²) in [5.41, 5.74) is -0.0997. The molecule has 2 saturated carbocycles. The van der Waals surface area contributed by atoms with Crippen LogP contribution in [-0.4, -0.2) is 19.1 Å². The smallest absolute Gasteiger partial charge is 0.217 e. The predicted octanol–water partition coefficient (Wildman–Crippen LogP) is 1.68. The monoisotopic (exact) mass is 233 g/mol. The van der Waals surface area contributed by atoms with E-state index in [1.165, 1.54) is 0 Å². The average molecular weight is 233 g/mol. The maximum atomic E-state index is 10.6. The summed E-state index contributed by atoms with van der Waals surface area (Å²) in [6.07, 6.45) is 2.34. The minimum Gasteiger partial charge on any atom is -0.726 e. The van der Waals surface area contributed by atoms with Gasteiger partial charge in [0.25, 0.3) is 0 Å². The van der Waals surface area contributed by atoms with Crippen LogP contribution in [0.3, 0.4) is 0 Å². The maximum absolute atomic E-state index is 10.6. The van der Waals surface area contributed by atoms with Gasteiger partial charge in [0, 0.05) is 5.41 Å². The Morgan fingerprint density at radius 2 is 1.93 bits per heavy atom. The Morgan fingerprint density at radius 3 is 2.27 bits per heavy atom. The van der Waals surface area contributed by atoms with Crippen LogP contribution in [0.1, 0.15) is 40.0 Å². The SMILES string of the molecule is CC1(C)C2CCC1(C)[C@@H](OS(=O)(=O)[O-])C2. The van der Waals surface area contributed by atoms with Gasteiger partial charge in [-0.3, -0.25) is 4.18 Å². The first kappa shape index (κ1) is 11.4. The van der Waals surface area contributed by atoms with Gasteiger partial charge in [0.2, 0.25) is 10.4 Å². The molecular formula is C10H17O4S-. The van der Waals surface area contributed by atoms with Crippen LogP contribution in [0, 0.1) is 16.7 Å². The summed E-state index contributed by atoms with van der Waals surface area (Å²) in [6, 6.07) is 0. The molecule has 0 amide bonds. The van der Waals surface area contributed by atoms with E-state index < -0.39 is 16.5 Å². The molecule has 2 aliphatic rings. The second-order valence-electron chi connectivity index (χ2n) is 5.60. The van der Waals surface area contributed by atoms with Crippen molar-refractivity contribution in [2.75, 3.05) is 0 Å². The van der Waals surface area contributed by atoms with Gasteiger partial charge in [-0.15, -0.1) is 0 Å². The standard InChI is InChI=1S/C10H18O4S/c1-9(2)7-4-5-10(9,3)8(6-7)14-15(11,12)13/h7-8H,4-6H2,1-3H3,(H,11,12,13)/p-1/t7?,8-,10?/m0/s1. The van der Waals surface area contributed by atoms with E-state index in [9.17, 15) is 13.0 Å². The molecule has 0 spiro atoms. The van der Waals surface area contributed by atoms with Crippen LogP contribution in [0.25, 0.3) is 0 Å². The Balaban J connectivity index is 2.27.